The van der Waals surface area contributed by atoms with Gasteiger partial charge in [-0.2, -0.15) is 0 Å². The van der Waals surface area contributed by atoms with E-state index in [1.807, 2.05) is 19.9 Å². The molecular weight excluding hydrogens is 280 g/mol. The van der Waals surface area contributed by atoms with Crippen molar-refractivity contribution in [1.82, 2.24) is 4.98 Å². The van der Waals surface area contributed by atoms with Crippen LogP contribution < -0.4 is 10.5 Å². The molecule has 0 aliphatic carbocycles. The predicted molar refractivity (Wildman–Crippen MR) is 74.2 cm³/mol. The second-order valence-corrected chi connectivity index (χ2v) is 6.17. The summed E-state index contributed by atoms with van der Waals surface area (Å²) in [7, 11) is 0. The highest BCUT2D eigenvalue weighted by Crippen LogP contribution is 2.20. The highest BCUT2D eigenvalue weighted by molar-refractivity contribution is 9.10. The Hall–Kier alpha value is -0.610. The zero-order valence-corrected chi connectivity index (χ0v) is 12.5. The second-order valence-electron chi connectivity index (χ2n) is 5.31. The molecule has 1 aromatic heterocycles. The molecule has 1 atom stereocenters. The van der Waals surface area contributed by atoms with Crippen LogP contribution in [0.15, 0.2) is 16.7 Å². The van der Waals surface area contributed by atoms with Crippen molar-refractivity contribution in [2.24, 2.45) is 11.7 Å². The van der Waals surface area contributed by atoms with Gasteiger partial charge in [0.1, 0.15) is 6.61 Å². The summed E-state index contributed by atoms with van der Waals surface area (Å²) in [6.45, 7) is 8.83. The highest BCUT2D eigenvalue weighted by Gasteiger charge is 2.21. The predicted octanol–water partition coefficient (Wildman–Crippen LogP) is 3.29. The van der Waals surface area contributed by atoms with E-state index in [4.69, 9.17) is 10.5 Å². The minimum absolute atomic E-state index is 0.309. The summed E-state index contributed by atoms with van der Waals surface area (Å²) in [6, 6.07) is 1.91. The molecule has 0 saturated carbocycles. The average Bonchev–Trinajstić information content (AvgIpc) is 2.18. The topological polar surface area (TPSA) is 48.1 Å². The van der Waals surface area contributed by atoms with Crippen LogP contribution >= 0.6 is 15.9 Å². The lowest BCUT2D eigenvalue weighted by molar-refractivity contribution is 0.200. The van der Waals surface area contributed by atoms with Gasteiger partial charge in [-0.3, -0.25) is 0 Å². The van der Waals surface area contributed by atoms with Gasteiger partial charge in [-0.25, -0.2) is 4.98 Å². The zero-order valence-electron chi connectivity index (χ0n) is 11.0. The SMILES string of the molecule is Cc1cc(OC[C@](C)(N)CC(C)C)ncc1Br. The summed E-state index contributed by atoms with van der Waals surface area (Å²) in [5.74, 6) is 1.19. The number of ether oxygens (including phenoxy) is 1. The fourth-order valence-electron chi connectivity index (χ4n) is 1.82. The smallest absolute Gasteiger partial charge is 0.213 e. The average molecular weight is 301 g/mol. The summed E-state index contributed by atoms with van der Waals surface area (Å²) in [4.78, 5) is 4.20. The highest BCUT2D eigenvalue weighted by atomic mass is 79.9. The molecule has 0 fully saturated rings. The lowest BCUT2D eigenvalue weighted by atomic mass is 9.93. The molecule has 2 N–H and O–H groups in total. The number of nitrogens with zero attached hydrogens (tertiary/aromatic N) is 1. The van der Waals surface area contributed by atoms with Gasteiger partial charge in [0.2, 0.25) is 5.88 Å². The number of aryl methyl sites for hydroxylation is 1. The Labute approximate surface area is 112 Å². The summed E-state index contributed by atoms with van der Waals surface area (Å²) >= 11 is 3.41. The molecule has 1 aromatic rings. The molecule has 0 amide bonds. The Morgan fingerprint density at radius 3 is 2.71 bits per heavy atom. The monoisotopic (exact) mass is 300 g/mol. The molecule has 0 aliphatic rings. The number of pyridine rings is 1. The molecule has 0 aliphatic heterocycles. The van der Waals surface area contributed by atoms with E-state index in [0.29, 0.717) is 18.4 Å². The van der Waals surface area contributed by atoms with Crippen LogP contribution in [-0.4, -0.2) is 17.1 Å². The number of aromatic nitrogens is 1. The van der Waals surface area contributed by atoms with Gasteiger partial charge in [0.05, 0.1) is 0 Å². The normalized spacial score (nSPS) is 14.8. The second kappa shape index (κ2) is 5.83. The molecule has 0 spiro atoms. The Bertz CT molecular complexity index is 378. The van der Waals surface area contributed by atoms with Crippen LogP contribution in [0.4, 0.5) is 0 Å². The van der Waals surface area contributed by atoms with Gasteiger partial charge in [0.15, 0.2) is 0 Å². The fraction of sp³-hybridized carbons (Fsp3) is 0.615. The van der Waals surface area contributed by atoms with Gasteiger partial charge >= 0.3 is 0 Å². The number of nitrogens with two attached hydrogens (primary N) is 1. The third kappa shape index (κ3) is 5.04. The van der Waals surface area contributed by atoms with Crippen molar-refractivity contribution in [2.45, 2.75) is 39.7 Å². The van der Waals surface area contributed by atoms with E-state index in [9.17, 15) is 0 Å². The number of hydrogen-bond donors (Lipinski definition) is 1. The molecule has 0 unspecified atom stereocenters. The Morgan fingerprint density at radius 1 is 1.53 bits per heavy atom. The first kappa shape index (κ1) is 14.5. The van der Waals surface area contributed by atoms with Crippen LogP contribution in [0.5, 0.6) is 5.88 Å². The molecule has 1 rings (SSSR count). The van der Waals surface area contributed by atoms with Gasteiger partial charge in [0.25, 0.3) is 0 Å². The summed E-state index contributed by atoms with van der Waals surface area (Å²) in [5, 5.41) is 0. The Kier molecular flexibility index (Phi) is 4.95. The zero-order chi connectivity index (χ0) is 13.1. The molecule has 0 aromatic carbocycles. The third-order valence-electron chi connectivity index (χ3n) is 2.45. The quantitative estimate of drug-likeness (QED) is 0.908. The van der Waals surface area contributed by atoms with Gasteiger partial charge in [0, 0.05) is 22.3 Å². The summed E-state index contributed by atoms with van der Waals surface area (Å²) in [6.07, 6.45) is 2.68. The van der Waals surface area contributed by atoms with Crippen LogP contribution in [0.2, 0.25) is 0 Å². The molecule has 3 nitrogen and oxygen atoms in total. The maximum absolute atomic E-state index is 6.17. The van der Waals surface area contributed by atoms with Crippen molar-refractivity contribution >= 4 is 15.9 Å². The van der Waals surface area contributed by atoms with E-state index in [0.717, 1.165) is 16.5 Å². The van der Waals surface area contributed by atoms with E-state index in [-0.39, 0.29) is 5.54 Å². The van der Waals surface area contributed by atoms with Crippen LogP contribution in [0, 0.1) is 12.8 Å². The molecule has 1 heterocycles. The molecule has 0 radical (unpaired) electrons. The first-order valence-corrected chi connectivity index (χ1v) is 6.63. The van der Waals surface area contributed by atoms with Crippen LogP contribution in [0.25, 0.3) is 0 Å². The molecule has 96 valence electrons. The maximum atomic E-state index is 6.17. The van der Waals surface area contributed by atoms with E-state index in [2.05, 4.69) is 34.8 Å². The van der Waals surface area contributed by atoms with Gasteiger partial charge in [-0.1, -0.05) is 13.8 Å². The van der Waals surface area contributed by atoms with Gasteiger partial charge < -0.3 is 10.5 Å². The molecule has 0 saturated heterocycles. The summed E-state index contributed by atoms with van der Waals surface area (Å²) < 4.78 is 6.64. The van der Waals surface area contributed by atoms with Crippen molar-refractivity contribution in [1.29, 1.82) is 0 Å². The first-order chi connectivity index (χ1) is 7.80. The molecule has 0 bridgehead atoms. The minimum atomic E-state index is -0.309. The standard InChI is InChI=1S/C13H21BrN2O/c1-9(2)6-13(4,15)8-17-12-5-10(3)11(14)7-16-12/h5,7,9H,6,8,15H2,1-4H3/t13-/m1/s1. The molecule has 17 heavy (non-hydrogen) atoms. The lowest BCUT2D eigenvalue weighted by Crippen LogP contribution is -2.43. The van der Waals surface area contributed by atoms with E-state index in [1.165, 1.54) is 0 Å². The number of halogens is 1. The Morgan fingerprint density at radius 2 is 2.18 bits per heavy atom. The van der Waals surface area contributed by atoms with Crippen molar-refractivity contribution in [2.75, 3.05) is 6.61 Å². The van der Waals surface area contributed by atoms with Gasteiger partial charge in [-0.15, -0.1) is 0 Å². The van der Waals surface area contributed by atoms with E-state index >= 15 is 0 Å². The van der Waals surface area contributed by atoms with Crippen molar-refractivity contribution in [3.05, 3.63) is 22.3 Å². The molecular formula is C13H21BrN2O. The van der Waals surface area contributed by atoms with Crippen molar-refractivity contribution in [3.63, 3.8) is 0 Å². The molecule has 4 heteroatoms. The van der Waals surface area contributed by atoms with Crippen LogP contribution in [0.1, 0.15) is 32.8 Å². The van der Waals surface area contributed by atoms with Crippen LogP contribution in [0.3, 0.4) is 0 Å². The van der Waals surface area contributed by atoms with Crippen LogP contribution in [-0.2, 0) is 0 Å². The van der Waals surface area contributed by atoms with Gasteiger partial charge in [-0.05, 0) is 47.7 Å². The first-order valence-electron chi connectivity index (χ1n) is 5.84. The van der Waals surface area contributed by atoms with E-state index < -0.39 is 0 Å². The fourth-order valence-corrected chi connectivity index (χ4v) is 2.04. The Balaban J connectivity index is 2.58. The minimum Gasteiger partial charge on any atom is -0.476 e. The summed E-state index contributed by atoms with van der Waals surface area (Å²) in [5.41, 5.74) is 6.97. The van der Waals surface area contributed by atoms with Crippen molar-refractivity contribution in [3.8, 4) is 5.88 Å². The van der Waals surface area contributed by atoms with E-state index in [1.54, 1.807) is 6.20 Å². The van der Waals surface area contributed by atoms with Crippen molar-refractivity contribution < 1.29 is 4.74 Å². The third-order valence-corrected chi connectivity index (χ3v) is 3.28. The number of hydrogen-bond acceptors (Lipinski definition) is 3. The largest absolute Gasteiger partial charge is 0.476 e. The maximum Gasteiger partial charge on any atom is 0.213 e. The lowest BCUT2D eigenvalue weighted by Gasteiger charge is -2.26. The number of rotatable bonds is 5.